The molecule has 1 saturated heterocycles. The summed E-state index contributed by atoms with van der Waals surface area (Å²) in [6, 6.07) is 0. The van der Waals surface area contributed by atoms with Crippen molar-refractivity contribution in [2.24, 2.45) is 0 Å². The predicted molar refractivity (Wildman–Crippen MR) is 110 cm³/mol. The summed E-state index contributed by atoms with van der Waals surface area (Å²) in [7, 11) is 0. The van der Waals surface area contributed by atoms with Crippen LogP contribution in [-0.4, -0.2) is 40.2 Å². The smallest absolute Gasteiger partial charge is 0.331 e. The van der Waals surface area contributed by atoms with Gasteiger partial charge in [-0.15, -0.1) is 11.3 Å². The summed E-state index contributed by atoms with van der Waals surface area (Å²) in [4.78, 5) is 31.5. The fourth-order valence-electron chi connectivity index (χ4n) is 4.32. The standard InChI is InChI=1S/C22H24N2O5S/c1-11-18(21-23-20(24-29-21)12-6-7-12)17(30-19(11)13-9-28-10-13)8-16(25)14-4-2-3-5-15(14)22(26)27/h12-13H,2-10H2,1H3,(H,26,27). The zero-order valence-electron chi connectivity index (χ0n) is 16.9. The molecule has 30 heavy (non-hydrogen) atoms. The van der Waals surface area contributed by atoms with E-state index < -0.39 is 5.97 Å². The van der Waals surface area contributed by atoms with E-state index in [-0.39, 0.29) is 17.8 Å². The van der Waals surface area contributed by atoms with Gasteiger partial charge in [0.1, 0.15) is 0 Å². The van der Waals surface area contributed by atoms with Crippen LogP contribution in [0.15, 0.2) is 15.7 Å². The number of thiophene rings is 1. The zero-order chi connectivity index (χ0) is 20.8. The molecular weight excluding hydrogens is 404 g/mol. The number of carboxylic acid groups (broad SMARTS) is 1. The van der Waals surface area contributed by atoms with Gasteiger partial charge < -0.3 is 14.4 Å². The van der Waals surface area contributed by atoms with Crippen LogP contribution in [0.1, 0.15) is 71.5 Å². The van der Waals surface area contributed by atoms with Crippen molar-refractivity contribution in [2.75, 3.05) is 13.2 Å². The number of carbonyl (C=O) groups is 2. The molecule has 0 amide bonds. The van der Waals surface area contributed by atoms with Gasteiger partial charge in [-0.1, -0.05) is 5.16 Å². The first-order valence-corrected chi connectivity index (χ1v) is 11.4. The summed E-state index contributed by atoms with van der Waals surface area (Å²) in [6.45, 7) is 3.40. The Hall–Kier alpha value is -2.32. The van der Waals surface area contributed by atoms with Gasteiger partial charge in [0.2, 0.25) is 0 Å². The van der Waals surface area contributed by atoms with Crippen LogP contribution in [0.2, 0.25) is 0 Å². The van der Waals surface area contributed by atoms with Crippen molar-refractivity contribution in [3.8, 4) is 11.5 Å². The summed E-state index contributed by atoms with van der Waals surface area (Å²) >= 11 is 1.60. The second kappa shape index (κ2) is 7.74. The maximum Gasteiger partial charge on any atom is 0.331 e. The number of hydrogen-bond donors (Lipinski definition) is 1. The molecule has 0 unspecified atom stereocenters. The molecule has 0 spiro atoms. The van der Waals surface area contributed by atoms with E-state index in [0.29, 0.717) is 49.4 Å². The van der Waals surface area contributed by atoms with E-state index in [4.69, 9.17) is 9.26 Å². The quantitative estimate of drug-likeness (QED) is 0.706. The highest BCUT2D eigenvalue weighted by Gasteiger charge is 2.33. The number of aliphatic carboxylic acids is 1. The average Bonchev–Trinajstić information content (AvgIpc) is 3.35. The molecule has 0 aromatic carbocycles. The first-order valence-electron chi connectivity index (χ1n) is 10.5. The molecular formula is C22H24N2O5S. The van der Waals surface area contributed by atoms with Gasteiger partial charge in [0.05, 0.1) is 18.8 Å². The van der Waals surface area contributed by atoms with Crippen LogP contribution >= 0.6 is 11.3 Å². The van der Waals surface area contributed by atoms with Gasteiger partial charge in [-0.3, -0.25) is 4.79 Å². The first kappa shape index (κ1) is 19.6. The highest BCUT2D eigenvalue weighted by molar-refractivity contribution is 7.13. The van der Waals surface area contributed by atoms with E-state index in [1.807, 2.05) is 6.92 Å². The van der Waals surface area contributed by atoms with Gasteiger partial charge in [0.15, 0.2) is 11.6 Å². The number of allylic oxidation sites excluding steroid dienone is 1. The van der Waals surface area contributed by atoms with Crippen molar-refractivity contribution in [3.05, 3.63) is 32.3 Å². The van der Waals surface area contributed by atoms with Crippen molar-refractivity contribution in [3.63, 3.8) is 0 Å². The minimum Gasteiger partial charge on any atom is -0.478 e. The Kier molecular flexibility index (Phi) is 5.06. The number of nitrogens with zero attached hydrogens (tertiary/aromatic N) is 2. The van der Waals surface area contributed by atoms with Crippen LogP contribution < -0.4 is 0 Å². The molecule has 0 atom stereocenters. The Morgan fingerprint density at radius 3 is 2.50 bits per heavy atom. The molecule has 5 rings (SSSR count). The molecule has 2 aromatic rings. The monoisotopic (exact) mass is 428 g/mol. The van der Waals surface area contributed by atoms with E-state index in [0.717, 1.165) is 47.5 Å². The Morgan fingerprint density at radius 2 is 1.87 bits per heavy atom. The van der Waals surface area contributed by atoms with Gasteiger partial charge >= 0.3 is 5.97 Å². The fraction of sp³-hybridized carbons (Fsp3) is 0.545. The summed E-state index contributed by atoms with van der Waals surface area (Å²) < 4.78 is 11.0. The van der Waals surface area contributed by atoms with Crippen LogP contribution in [0.4, 0.5) is 0 Å². The summed E-state index contributed by atoms with van der Waals surface area (Å²) in [6.07, 6.45) is 5.02. The molecule has 0 radical (unpaired) electrons. The molecule has 3 aliphatic rings. The Balaban J connectivity index is 1.51. The van der Waals surface area contributed by atoms with E-state index >= 15 is 0 Å². The van der Waals surface area contributed by atoms with Crippen LogP contribution in [0, 0.1) is 6.92 Å². The van der Waals surface area contributed by atoms with Gasteiger partial charge in [0, 0.05) is 39.2 Å². The molecule has 1 saturated carbocycles. The van der Waals surface area contributed by atoms with E-state index in [1.54, 1.807) is 11.3 Å². The van der Waals surface area contributed by atoms with Gasteiger partial charge in [0.25, 0.3) is 5.89 Å². The van der Waals surface area contributed by atoms with Crippen LogP contribution in [-0.2, 0) is 20.7 Å². The lowest BCUT2D eigenvalue weighted by molar-refractivity contribution is -0.133. The van der Waals surface area contributed by atoms with Gasteiger partial charge in [-0.05, 0) is 51.0 Å². The molecule has 0 bridgehead atoms. The second-order valence-corrected chi connectivity index (χ2v) is 9.56. The molecule has 1 N–H and O–H groups in total. The maximum absolute atomic E-state index is 13.2. The number of rotatable bonds is 7. The lowest BCUT2D eigenvalue weighted by atomic mass is 9.87. The summed E-state index contributed by atoms with van der Waals surface area (Å²) in [5, 5.41) is 13.7. The third-order valence-electron chi connectivity index (χ3n) is 6.25. The van der Waals surface area contributed by atoms with Crippen LogP contribution in [0.5, 0.6) is 0 Å². The van der Waals surface area contributed by atoms with Crippen LogP contribution in [0.25, 0.3) is 11.5 Å². The molecule has 7 nitrogen and oxygen atoms in total. The number of ether oxygens (including phenoxy) is 1. The minimum absolute atomic E-state index is 0.104. The highest BCUT2D eigenvalue weighted by Crippen LogP contribution is 2.44. The Labute approximate surface area is 178 Å². The Morgan fingerprint density at radius 1 is 1.13 bits per heavy atom. The number of aromatic nitrogens is 2. The van der Waals surface area contributed by atoms with Crippen molar-refractivity contribution < 1.29 is 24.0 Å². The van der Waals surface area contributed by atoms with Crippen molar-refractivity contribution in [1.29, 1.82) is 0 Å². The predicted octanol–water partition coefficient (Wildman–Crippen LogP) is 4.16. The lowest BCUT2D eigenvalue weighted by Crippen LogP contribution is -2.24. The number of carboxylic acids is 1. The van der Waals surface area contributed by atoms with Gasteiger partial charge in [-0.25, -0.2) is 4.79 Å². The topological polar surface area (TPSA) is 103 Å². The van der Waals surface area contributed by atoms with Crippen LogP contribution in [0.3, 0.4) is 0 Å². The number of carbonyl (C=O) groups excluding carboxylic acids is 1. The molecule has 1 aliphatic heterocycles. The largest absolute Gasteiger partial charge is 0.478 e. The molecule has 2 aromatic heterocycles. The lowest BCUT2D eigenvalue weighted by Gasteiger charge is -2.25. The number of Topliss-reactive ketones (excluding diaryl/α,β-unsaturated/α-hetero) is 1. The molecule has 158 valence electrons. The normalized spacial score (nSPS) is 19.8. The minimum atomic E-state index is -0.973. The fourth-order valence-corrected chi connectivity index (χ4v) is 5.69. The molecule has 2 aliphatic carbocycles. The van der Waals surface area contributed by atoms with Crippen molar-refractivity contribution in [1.82, 2.24) is 10.1 Å². The SMILES string of the molecule is Cc1c(C2COC2)sc(CC(=O)C2=C(C(=O)O)CCCC2)c1-c1nc(C2CC2)no1. The van der Waals surface area contributed by atoms with Gasteiger partial charge in [-0.2, -0.15) is 4.98 Å². The van der Waals surface area contributed by atoms with E-state index in [9.17, 15) is 14.7 Å². The molecule has 8 heteroatoms. The first-order chi connectivity index (χ1) is 14.5. The highest BCUT2D eigenvalue weighted by atomic mass is 32.1. The summed E-state index contributed by atoms with van der Waals surface area (Å²) in [5.41, 5.74) is 2.67. The van der Waals surface area contributed by atoms with Crippen molar-refractivity contribution in [2.45, 2.75) is 63.7 Å². The van der Waals surface area contributed by atoms with E-state index in [2.05, 4.69) is 10.1 Å². The third-order valence-corrected chi connectivity index (χ3v) is 7.70. The van der Waals surface area contributed by atoms with Crippen molar-refractivity contribution >= 4 is 23.1 Å². The number of hydrogen-bond acceptors (Lipinski definition) is 7. The maximum atomic E-state index is 13.2. The summed E-state index contributed by atoms with van der Waals surface area (Å²) in [5.74, 6) is 0.843. The zero-order valence-corrected chi connectivity index (χ0v) is 17.7. The third kappa shape index (κ3) is 3.52. The number of ketones is 1. The Bertz CT molecular complexity index is 1040. The molecule has 3 heterocycles. The second-order valence-electron chi connectivity index (χ2n) is 8.43. The van der Waals surface area contributed by atoms with E-state index in [1.165, 1.54) is 4.88 Å². The molecule has 2 fully saturated rings. The average molecular weight is 429 g/mol.